The van der Waals surface area contributed by atoms with Crippen LogP contribution in [-0.4, -0.2) is 40.1 Å². The summed E-state index contributed by atoms with van der Waals surface area (Å²) >= 11 is 6.93. The predicted octanol–water partition coefficient (Wildman–Crippen LogP) is 6.64. The Morgan fingerprint density at radius 3 is 1.23 bits per heavy atom. The Balaban J connectivity index is 0.00000144. The molecule has 0 saturated heterocycles. The molecule has 6 rings (SSSR count). The Labute approximate surface area is 218 Å². The number of hydrogen-bond donors (Lipinski definition) is 0. The molecule has 2 heterocycles. The zero-order valence-corrected chi connectivity index (χ0v) is 19.9. The number of carbonyl (C=O) groups is 4. The van der Waals surface area contributed by atoms with Gasteiger partial charge in [-0.05, 0) is 47.2 Å². The lowest BCUT2D eigenvalue weighted by Gasteiger charge is -2.33. The zero-order valence-electron chi connectivity index (χ0n) is 16.8. The van der Waals surface area contributed by atoms with Crippen molar-refractivity contribution in [1.82, 2.24) is 9.80 Å². The smallest absolute Gasteiger partial charge is 0.262 e. The first kappa shape index (κ1) is 24.8. The van der Waals surface area contributed by atoms with Gasteiger partial charge in [-0.3, -0.25) is 29.0 Å². The number of nitrogens with zero attached hydrogens (tertiary/aromatic N) is 2. The molecule has 4 aromatic carbocycles. The second-order valence-corrected chi connectivity index (χ2v) is 9.57. The first-order chi connectivity index (χ1) is 15.9. The van der Waals surface area contributed by atoms with Gasteiger partial charge in [-0.15, -0.1) is 0 Å². The van der Waals surface area contributed by atoms with E-state index in [1.165, 1.54) is 0 Å². The summed E-state index contributed by atoms with van der Waals surface area (Å²) in [4.78, 5) is 55.2. The number of rotatable bonds is 2. The van der Waals surface area contributed by atoms with Crippen LogP contribution in [0, 0.1) is 0 Å². The lowest BCUT2D eigenvalue weighted by atomic mass is 9.93. The fourth-order valence-corrected chi connectivity index (χ4v) is 5.54. The third-order valence-electron chi connectivity index (χ3n) is 6.16. The fraction of sp³-hybridized carbons (Fsp3) is 0.111. The minimum Gasteiger partial charge on any atom is -0.269 e. The van der Waals surface area contributed by atoms with Gasteiger partial charge in [0.15, 0.2) is 0 Å². The normalized spacial score (nSPS) is 14.3. The van der Waals surface area contributed by atoms with Crippen molar-refractivity contribution in [2.45, 2.75) is 14.9 Å². The Kier molecular flexibility index (Phi) is 6.15. The van der Waals surface area contributed by atoms with E-state index in [-0.39, 0.29) is 14.9 Å². The van der Waals surface area contributed by atoms with Crippen LogP contribution >= 0.6 is 31.9 Å². The molecule has 0 aliphatic carbocycles. The topological polar surface area (TPSA) is 74.8 Å². The van der Waals surface area contributed by atoms with Crippen molar-refractivity contribution < 1.29 is 19.2 Å². The Morgan fingerprint density at radius 1 is 0.514 bits per heavy atom. The van der Waals surface area contributed by atoms with Gasteiger partial charge in [0, 0.05) is 42.0 Å². The summed E-state index contributed by atoms with van der Waals surface area (Å²) in [5.41, 5.74) is 1.41. The van der Waals surface area contributed by atoms with Crippen LogP contribution in [-0.2, 0) is 0 Å². The third kappa shape index (κ3) is 3.35. The molecule has 4 aromatic rings. The van der Waals surface area contributed by atoms with Gasteiger partial charge < -0.3 is 0 Å². The summed E-state index contributed by atoms with van der Waals surface area (Å²) < 4.78 is 1.55. The van der Waals surface area contributed by atoms with E-state index >= 15 is 0 Å². The van der Waals surface area contributed by atoms with Gasteiger partial charge in [-0.2, -0.15) is 0 Å². The Morgan fingerprint density at radius 2 is 0.857 bits per heavy atom. The van der Waals surface area contributed by atoms with E-state index in [2.05, 4.69) is 31.9 Å². The summed E-state index contributed by atoms with van der Waals surface area (Å²) in [7, 11) is 0. The number of hydrogen-bond acceptors (Lipinski definition) is 4. The molecule has 0 atom stereocenters. The largest absolute Gasteiger partial charge is 0.269 e. The highest BCUT2D eigenvalue weighted by molar-refractivity contribution is 9.11. The Bertz CT molecular complexity index is 1450. The molecule has 0 unspecified atom stereocenters. The minimum absolute atomic E-state index is 0. The molecule has 0 aromatic heterocycles. The molecule has 4 amide bonds. The van der Waals surface area contributed by atoms with Gasteiger partial charge >= 0.3 is 0 Å². The van der Waals surface area contributed by atoms with E-state index in [4.69, 9.17) is 0 Å². The summed E-state index contributed by atoms with van der Waals surface area (Å²) in [6.07, 6.45) is 0. The molecule has 0 bridgehead atoms. The summed E-state index contributed by atoms with van der Waals surface area (Å²) in [5.74, 6) is -2.18. The second-order valence-electron chi connectivity index (χ2n) is 7.86. The van der Waals surface area contributed by atoms with Crippen molar-refractivity contribution in [2.24, 2.45) is 0 Å². The van der Waals surface area contributed by atoms with Crippen molar-refractivity contribution in [3.63, 3.8) is 0 Å². The highest BCUT2D eigenvalue weighted by Crippen LogP contribution is 2.37. The maximum atomic E-state index is 13.3. The lowest BCUT2D eigenvalue weighted by molar-refractivity contribution is 0.0420. The molecule has 0 saturated carbocycles. The van der Waals surface area contributed by atoms with Crippen LogP contribution in [0.3, 0.4) is 0 Å². The van der Waals surface area contributed by atoms with Crippen LogP contribution < -0.4 is 0 Å². The number of carbonyl (C=O) groups excluding carboxylic acids is 4. The van der Waals surface area contributed by atoms with E-state index in [1.54, 1.807) is 48.5 Å². The highest BCUT2D eigenvalue weighted by atomic mass is 79.9. The fourth-order valence-electron chi connectivity index (χ4n) is 4.62. The molecule has 2 aliphatic rings. The monoisotopic (exact) mass is 594 g/mol. The molecule has 176 valence electrons. The highest BCUT2D eigenvalue weighted by Gasteiger charge is 2.39. The SMILES string of the molecule is C.C.O=C1c2cccc3c(Br)ccc(c23)C(=O)N1CN1C(=O)c2cccc3c(Br)ccc(c23)C1=O. The van der Waals surface area contributed by atoms with Gasteiger partial charge in [0.1, 0.15) is 6.67 Å². The van der Waals surface area contributed by atoms with E-state index in [0.29, 0.717) is 33.0 Å². The van der Waals surface area contributed by atoms with E-state index in [1.807, 2.05) is 12.1 Å². The van der Waals surface area contributed by atoms with E-state index < -0.39 is 30.3 Å². The molecule has 8 heteroatoms. The van der Waals surface area contributed by atoms with Gasteiger partial charge in [-0.1, -0.05) is 71.0 Å². The third-order valence-corrected chi connectivity index (χ3v) is 7.54. The van der Waals surface area contributed by atoms with Crippen molar-refractivity contribution in [2.75, 3.05) is 6.67 Å². The average molecular weight is 596 g/mol. The summed E-state index contributed by atoms with van der Waals surface area (Å²) in [6, 6.07) is 17.2. The number of imide groups is 2. The molecular weight excluding hydrogens is 576 g/mol. The maximum absolute atomic E-state index is 13.3. The van der Waals surface area contributed by atoms with Crippen LogP contribution in [0.1, 0.15) is 56.3 Å². The van der Waals surface area contributed by atoms with Crippen molar-refractivity contribution in [3.05, 3.63) is 91.9 Å². The van der Waals surface area contributed by atoms with Gasteiger partial charge in [0.05, 0.1) is 0 Å². The zero-order chi connectivity index (χ0) is 23.0. The van der Waals surface area contributed by atoms with Gasteiger partial charge in [-0.25, -0.2) is 0 Å². The Hall–Kier alpha value is -3.36. The molecular formula is C27H20Br2N2O4. The van der Waals surface area contributed by atoms with E-state index in [0.717, 1.165) is 29.5 Å². The molecule has 2 aliphatic heterocycles. The minimum atomic E-state index is -0.545. The quantitative estimate of drug-likeness (QED) is 0.243. The average Bonchev–Trinajstić information content (AvgIpc) is 2.82. The second kappa shape index (κ2) is 8.70. The standard InChI is InChI=1S/C25H12Br2N2O4.2CH4/c26-18-9-7-16-20-12(18)3-1-5-14(20)22(30)28(24(16)32)11-29-23(31)15-6-2-4-13-19(27)10-8-17(21(13)15)25(29)33;;/h1-10H,11H2;2*1H4. The summed E-state index contributed by atoms with van der Waals surface area (Å²) in [5, 5.41) is 2.63. The van der Waals surface area contributed by atoms with Crippen molar-refractivity contribution in [3.8, 4) is 0 Å². The molecule has 0 N–H and O–H groups in total. The molecule has 0 fully saturated rings. The van der Waals surface area contributed by atoms with Crippen molar-refractivity contribution >= 4 is 77.0 Å². The number of benzene rings is 4. The van der Waals surface area contributed by atoms with Crippen molar-refractivity contribution in [1.29, 1.82) is 0 Å². The van der Waals surface area contributed by atoms with Crippen LogP contribution in [0.5, 0.6) is 0 Å². The predicted molar refractivity (Wildman–Crippen MR) is 143 cm³/mol. The molecule has 0 radical (unpaired) electrons. The first-order valence-electron chi connectivity index (χ1n) is 10.0. The first-order valence-corrected chi connectivity index (χ1v) is 11.6. The van der Waals surface area contributed by atoms with Crippen LogP contribution in [0.15, 0.2) is 69.6 Å². The maximum Gasteiger partial charge on any atom is 0.262 e. The van der Waals surface area contributed by atoms with Crippen LogP contribution in [0.2, 0.25) is 0 Å². The van der Waals surface area contributed by atoms with E-state index in [9.17, 15) is 19.2 Å². The van der Waals surface area contributed by atoms with Crippen LogP contribution in [0.4, 0.5) is 0 Å². The molecule has 6 nitrogen and oxygen atoms in total. The van der Waals surface area contributed by atoms with Crippen LogP contribution in [0.25, 0.3) is 21.5 Å². The van der Waals surface area contributed by atoms with Gasteiger partial charge in [0.2, 0.25) is 0 Å². The lowest BCUT2D eigenvalue weighted by Crippen LogP contribution is -2.51. The number of halogens is 2. The number of amides is 4. The van der Waals surface area contributed by atoms with Gasteiger partial charge in [0.25, 0.3) is 23.6 Å². The molecule has 0 spiro atoms. The molecule has 35 heavy (non-hydrogen) atoms. The summed E-state index contributed by atoms with van der Waals surface area (Å²) in [6.45, 7) is -0.465.